The number of amides is 3. The van der Waals surface area contributed by atoms with Crippen molar-refractivity contribution in [3.8, 4) is 5.75 Å². The van der Waals surface area contributed by atoms with Crippen LogP contribution in [0.5, 0.6) is 5.75 Å². The van der Waals surface area contributed by atoms with Gasteiger partial charge in [0.25, 0.3) is 11.8 Å². The first-order valence-corrected chi connectivity index (χ1v) is 8.59. The van der Waals surface area contributed by atoms with Crippen molar-refractivity contribution in [3.05, 3.63) is 54.1 Å². The number of anilines is 2. The first-order valence-electron chi connectivity index (χ1n) is 8.59. The maximum atomic E-state index is 12.3. The number of nitrogens with one attached hydrogen (secondary N) is 1. The zero-order valence-electron chi connectivity index (χ0n) is 15.3. The molecular weight excluding hydrogens is 346 g/mol. The highest BCUT2D eigenvalue weighted by atomic mass is 16.5. The summed E-state index contributed by atoms with van der Waals surface area (Å²) in [6.07, 6.45) is 0.131. The summed E-state index contributed by atoms with van der Waals surface area (Å²) in [5.74, 6) is 0.0790. The predicted octanol–water partition coefficient (Wildman–Crippen LogP) is 2.14. The highest BCUT2D eigenvalue weighted by Gasteiger charge is 2.25. The third kappa shape index (κ3) is 4.25. The van der Waals surface area contributed by atoms with Crippen molar-refractivity contribution in [1.29, 1.82) is 0 Å². The van der Waals surface area contributed by atoms with E-state index in [0.29, 0.717) is 22.7 Å². The van der Waals surface area contributed by atoms with Crippen molar-refractivity contribution in [2.75, 3.05) is 37.5 Å². The highest BCUT2D eigenvalue weighted by molar-refractivity contribution is 6.00. The van der Waals surface area contributed by atoms with Gasteiger partial charge in [0.05, 0.1) is 5.69 Å². The molecule has 2 aromatic rings. The molecule has 0 bridgehead atoms. The Labute approximate surface area is 157 Å². The van der Waals surface area contributed by atoms with Crippen molar-refractivity contribution in [2.45, 2.75) is 6.42 Å². The van der Waals surface area contributed by atoms with Crippen molar-refractivity contribution in [2.24, 2.45) is 0 Å². The lowest BCUT2D eigenvalue weighted by Gasteiger charge is -2.29. The van der Waals surface area contributed by atoms with Crippen molar-refractivity contribution < 1.29 is 19.1 Å². The molecule has 1 aliphatic rings. The maximum absolute atomic E-state index is 12.3. The highest BCUT2D eigenvalue weighted by Crippen LogP contribution is 2.31. The van der Waals surface area contributed by atoms with Crippen molar-refractivity contribution in [3.63, 3.8) is 0 Å². The van der Waals surface area contributed by atoms with E-state index in [-0.39, 0.29) is 37.3 Å². The van der Waals surface area contributed by atoms with Gasteiger partial charge in [-0.25, -0.2) is 0 Å². The van der Waals surface area contributed by atoms with Crippen LogP contribution < -0.4 is 15.0 Å². The Morgan fingerprint density at radius 3 is 2.70 bits per heavy atom. The van der Waals surface area contributed by atoms with E-state index < -0.39 is 0 Å². The minimum absolute atomic E-state index is 0.0344. The number of carbonyl (C=O) groups is 3. The average Bonchev–Trinajstić information content (AvgIpc) is 2.66. The maximum Gasteiger partial charge on any atom is 0.265 e. The normalized spacial score (nSPS) is 12.8. The molecule has 0 aromatic heterocycles. The van der Waals surface area contributed by atoms with Crippen LogP contribution in [0.2, 0.25) is 0 Å². The standard InChI is InChI=1S/C20H21N3O4/c1-22(2)20(26)14-6-5-7-15(12-14)21-18(24)10-11-23-16-8-3-4-9-17(16)27-13-19(23)25/h3-9,12H,10-11,13H2,1-2H3,(H,21,24). The molecule has 2 aromatic carbocycles. The van der Waals surface area contributed by atoms with Gasteiger partial charge in [0.15, 0.2) is 6.61 Å². The van der Waals surface area contributed by atoms with Gasteiger partial charge in [0.1, 0.15) is 5.75 Å². The van der Waals surface area contributed by atoms with E-state index >= 15 is 0 Å². The summed E-state index contributed by atoms with van der Waals surface area (Å²) < 4.78 is 5.40. The van der Waals surface area contributed by atoms with E-state index in [4.69, 9.17) is 4.74 Å². The van der Waals surface area contributed by atoms with Gasteiger partial charge < -0.3 is 19.9 Å². The van der Waals surface area contributed by atoms with Gasteiger partial charge in [-0.15, -0.1) is 0 Å². The van der Waals surface area contributed by atoms with Crippen molar-refractivity contribution in [1.82, 2.24) is 4.90 Å². The van der Waals surface area contributed by atoms with Gasteiger partial charge in [-0.2, -0.15) is 0 Å². The zero-order chi connectivity index (χ0) is 19.4. The zero-order valence-corrected chi connectivity index (χ0v) is 15.3. The minimum atomic E-state index is -0.235. The molecule has 1 aliphatic heterocycles. The lowest BCUT2D eigenvalue weighted by molar-refractivity contribution is -0.121. The van der Waals surface area contributed by atoms with Crippen LogP contribution >= 0.6 is 0 Å². The number of carbonyl (C=O) groups excluding carboxylic acids is 3. The van der Waals surface area contributed by atoms with E-state index in [2.05, 4.69) is 5.32 Å². The Hall–Kier alpha value is -3.35. The first-order chi connectivity index (χ1) is 13.0. The number of para-hydroxylation sites is 2. The Morgan fingerprint density at radius 2 is 1.93 bits per heavy atom. The summed E-state index contributed by atoms with van der Waals surface area (Å²) in [5, 5.41) is 2.78. The van der Waals surface area contributed by atoms with E-state index in [9.17, 15) is 14.4 Å². The van der Waals surface area contributed by atoms with Crippen LogP contribution in [0.1, 0.15) is 16.8 Å². The lowest BCUT2D eigenvalue weighted by Crippen LogP contribution is -2.40. The van der Waals surface area contributed by atoms with Gasteiger partial charge in [-0.1, -0.05) is 18.2 Å². The largest absolute Gasteiger partial charge is 0.482 e. The minimum Gasteiger partial charge on any atom is -0.482 e. The number of nitrogens with zero attached hydrogens (tertiary/aromatic N) is 2. The quantitative estimate of drug-likeness (QED) is 0.878. The summed E-state index contributed by atoms with van der Waals surface area (Å²) in [6, 6.07) is 14.0. The number of hydrogen-bond acceptors (Lipinski definition) is 4. The van der Waals surface area contributed by atoms with E-state index in [1.54, 1.807) is 55.4 Å². The number of fused-ring (bicyclic) bond motifs is 1. The third-order valence-corrected chi connectivity index (χ3v) is 4.17. The van der Waals surface area contributed by atoms with E-state index in [0.717, 1.165) is 0 Å². The number of ether oxygens (including phenoxy) is 1. The van der Waals surface area contributed by atoms with Crippen LogP contribution in [0.4, 0.5) is 11.4 Å². The summed E-state index contributed by atoms with van der Waals surface area (Å²) in [6.45, 7) is 0.217. The van der Waals surface area contributed by atoms with Gasteiger partial charge in [-0.3, -0.25) is 14.4 Å². The number of rotatable bonds is 5. The van der Waals surface area contributed by atoms with Crippen LogP contribution in [-0.4, -0.2) is 49.9 Å². The second-order valence-electron chi connectivity index (χ2n) is 6.38. The number of hydrogen-bond donors (Lipinski definition) is 1. The molecule has 0 fully saturated rings. The van der Waals surface area contributed by atoms with Crippen LogP contribution in [0.15, 0.2) is 48.5 Å². The lowest BCUT2D eigenvalue weighted by atomic mass is 10.1. The van der Waals surface area contributed by atoms with Gasteiger partial charge >= 0.3 is 0 Å². The molecule has 0 unspecified atom stereocenters. The Kier molecular flexibility index (Phi) is 5.40. The summed E-state index contributed by atoms with van der Waals surface area (Å²) in [5.41, 5.74) is 1.71. The molecular formula is C20H21N3O4. The predicted molar refractivity (Wildman–Crippen MR) is 102 cm³/mol. The fourth-order valence-corrected chi connectivity index (χ4v) is 2.82. The molecule has 0 atom stereocenters. The first kappa shape index (κ1) is 18.4. The fraction of sp³-hybridized carbons (Fsp3) is 0.250. The SMILES string of the molecule is CN(C)C(=O)c1cccc(NC(=O)CCN2C(=O)COc3ccccc32)c1. The third-order valence-electron chi connectivity index (χ3n) is 4.17. The number of benzene rings is 2. The smallest absolute Gasteiger partial charge is 0.265 e. The molecule has 1 heterocycles. The fourth-order valence-electron chi connectivity index (χ4n) is 2.82. The molecule has 0 saturated carbocycles. The monoisotopic (exact) mass is 367 g/mol. The van der Waals surface area contributed by atoms with Gasteiger partial charge in [0, 0.05) is 38.3 Å². The molecule has 140 valence electrons. The summed E-state index contributed by atoms with van der Waals surface area (Å²) in [4.78, 5) is 39.5. The molecule has 0 saturated heterocycles. The van der Waals surface area contributed by atoms with E-state index in [1.807, 2.05) is 12.1 Å². The molecule has 0 radical (unpaired) electrons. The Bertz CT molecular complexity index is 879. The van der Waals surface area contributed by atoms with Crippen LogP contribution in [0.3, 0.4) is 0 Å². The molecule has 3 amide bonds. The van der Waals surface area contributed by atoms with Crippen LogP contribution in [0.25, 0.3) is 0 Å². The molecule has 7 heteroatoms. The van der Waals surface area contributed by atoms with Crippen molar-refractivity contribution >= 4 is 29.1 Å². The van der Waals surface area contributed by atoms with E-state index in [1.165, 1.54) is 4.90 Å². The van der Waals surface area contributed by atoms with Gasteiger partial charge in [0.2, 0.25) is 5.91 Å². The van der Waals surface area contributed by atoms with Gasteiger partial charge in [-0.05, 0) is 30.3 Å². The molecule has 0 aliphatic carbocycles. The molecule has 0 spiro atoms. The molecule has 27 heavy (non-hydrogen) atoms. The topological polar surface area (TPSA) is 79.0 Å². The summed E-state index contributed by atoms with van der Waals surface area (Å²) in [7, 11) is 3.34. The molecule has 3 rings (SSSR count). The average molecular weight is 367 g/mol. The summed E-state index contributed by atoms with van der Waals surface area (Å²) >= 11 is 0. The Morgan fingerprint density at radius 1 is 1.15 bits per heavy atom. The molecule has 7 nitrogen and oxygen atoms in total. The second kappa shape index (κ2) is 7.90. The Balaban J connectivity index is 1.63. The molecule has 1 N–H and O–H groups in total. The van der Waals surface area contributed by atoms with Crippen LogP contribution in [-0.2, 0) is 9.59 Å². The second-order valence-corrected chi connectivity index (χ2v) is 6.38. The van der Waals surface area contributed by atoms with Crippen LogP contribution in [0, 0.1) is 0 Å².